The molecule has 24 heavy (non-hydrogen) atoms. The van der Waals surface area contributed by atoms with Crippen LogP contribution in [-0.2, 0) is 9.47 Å². The normalized spacial score (nSPS) is 12.0. The van der Waals surface area contributed by atoms with Crippen LogP contribution in [0, 0.1) is 0 Å². The molecule has 0 saturated carbocycles. The van der Waals surface area contributed by atoms with Crippen molar-refractivity contribution >= 4 is 28.5 Å². The third-order valence-electron chi connectivity index (χ3n) is 2.26. The number of halogens is 2. The van der Waals surface area contributed by atoms with Gasteiger partial charge in [-0.25, -0.2) is 23.8 Å². The summed E-state index contributed by atoms with van der Waals surface area (Å²) in [5, 5.41) is 2.05. The molecule has 0 radical (unpaired) electrons. The monoisotopic (exact) mass is 364 g/mol. The first-order chi connectivity index (χ1) is 10.8. The van der Waals surface area contributed by atoms with Gasteiger partial charge in [-0.05, 0) is 47.6 Å². The molecule has 1 aromatic heterocycles. The van der Waals surface area contributed by atoms with Crippen molar-refractivity contribution < 1.29 is 27.8 Å². The highest BCUT2D eigenvalue weighted by molar-refractivity contribution is 7.14. The predicted molar refractivity (Wildman–Crippen MR) is 87.4 cm³/mol. The number of nitrogens with one attached hydrogen (secondary N) is 1. The van der Waals surface area contributed by atoms with Crippen molar-refractivity contribution in [2.24, 2.45) is 0 Å². The lowest BCUT2D eigenvalue weighted by molar-refractivity contribution is 0.0426. The number of hydrogen-bond donors (Lipinski definition) is 1. The highest BCUT2D eigenvalue weighted by atomic mass is 32.1. The molecule has 0 spiro atoms. The van der Waals surface area contributed by atoms with Crippen LogP contribution in [0.2, 0.25) is 0 Å². The fourth-order valence-electron chi connectivity index (χ4n) is 1.46. The molecule has 0 aliphatic rings. The zero-order chi connectivity index (χ0) is 18.7. The number of ether oxygens (including phenoxy) is 2. The number of amides is 2. The smallest absolute Gasteiger partial charge is 0.434 e. The second kappa shape index (κ2) is 7.33. The van der Waals surface area contributed by atoms with Crippen LogP contribution in [0.15, 0.2) is 11.4 Å². The van der Waals surface area contributed by atoms with Gasteiger partial charge in [0.1, 0.15) is 16.2 Å². The van der Waals surface area contributed by atoms with Crippen molar-refractivity contribution in [2.45, 2.75) is 59.2 Å². The Hall–Kier alpha value is -1.90. The van der Waals surface area contributed by atoms with Gasteiger partial charge in [0.25, 0.3) is 6.43 Å². The van der Waals surface area contributed by atoms with E-state index in [-0.39, 0.29) is 10.6 Å². The Morgan fingerprint density at radius 1 is 1.12 bits per heavy atom. The average Bonchev–Trinajstić information content (AvgIpc) is 2.80. The number of hydrogen-bond acceptors (Lipinski definition) is 5. The van der Waals surface area contributed by atoms with E-state index in [1.54, 1.807) is 41.5 Å². The van der Waals surface area contributed by atoms with Gasteiger partial charge in [-0.1, -0.05) is 0 Å². The molecule has 2 amide bonds. The molecular formula is C15H22F2N2O4S. The molecule has 1 aromatic rings. The quantitative estimate of drug-likeness (QED) is 0.761. The van der Waals surface area contributed by atoms with E-state index in [0.717, 1.165) is 22.4 Å². The summed E-state index contributed by atoms with van der Waals surface area (Å²) in [6.07, 6.45) is -4.49. The third kappa shape index (κ3) is 6.69. The summed E-state index contributed by atoms with van der Waals surface area (Å²) in [6, 6.07) is 1.11. The number of anilines is 1. The van der Waals surface area contributed by atoms with Crippen LogP contribution < -0.4 is 10.4 Å². The van der Waals surface area contributed by atoms with Crippen molar-refractivity contribution in [1.29, 1.82) is 0 Å². The van der Waals surface area contributed by atoms with Gasteiger partial charge in [-0.2, -0.15) is 5.01 Å². The Bertz CT molecular complexity index is 591. The molecule has 0 atom stereocenters. The van der Waals surface area contributed by atoms with E-state index in [1.807, 2.05) is 0 Å². The summed E-state index contributed by atoms with van der Waals surface area (Å²) in [6.45, 7) is 9.92. The van der Waals surface area contributed by atoms with Gasteiger partial charge in [0.2, 0.25) is 0 Å². The molecule has 1 rings (SSSR count). The number of carbonyl (C=O) groups excluding carboxylic acids is 2. The molecule has 0 aliphatic carbocycles. The first-order valence-corrected chi connectivity index (χ1v) is 8.06. The minimum Gasteiger partial charge on any atom is -0.443 e. The molecule has 1 heterocycles. The Morgan fingerprint density at radius 2 is 1.67 bits per heavy atom. The first kappa shape index (κ1) is 20.1. The summed E-state index contributed by atoms with van der Waals surface area (Å²) in [4.78, 5) is 24.2. The van der Waals surface area contributed by atoms with Crippen LogP contribution >= 0.6 is 11.3 Å². The fourth-order valence-corrected chi connectivity index (χ4v) is 2.32. The highest BCUT2D eigenvalue weighted by Gasteiger charge is 2.28. The van der Waals surface area contributed by atoms with Crippen LogP contribution in [-0.4, -0.2) is 23.4 Å². The Balaban J connectivity index is 3.02. The van der Waals surface area contributed by atoms with Crippen LogP contribution in [0.3, 0.4) is 0 Å². The van der Waals surface area contributed by atoms with E-state index in [4.69, 9.17) is 9.47 Å². The average molecular weight is 364 g/mol. The standard InChI is InChI=1S/C15H22F2N2O4S/c1-14(2,3)22-12(20)18-19(13(21)23-15(4,5)6)10-7-9(8-24-10)11(16)17/h7-8,11H,1-6H3,(H,18,20). The Morgan fingerprint density at radius 3 is 2.08 bits per heavy atom. The molecule has 9 heteroatoms. The van der Waals surface area contributed by atoms with E-state index < -0.39 is 29.8 Å². The molecular weight excluding hydrogens is 342 g/mol. The highest BCUT2D eigenvalue weighted by Crippen LogP contribution is 2.31. The molecule has 0 aromatic carbocycles. The topological polar surface area (TPSA) is 67.9 Å². The van der Waals surface area contributed by atoms with Gasteiger partial charge >= 0.3 is 12.2 Å². The number of alkyl halides is 2. The summed E-state index contributed by atoms with van der Waals surface area (Å²) in [7, 11) is 0. The van der Waals surface area contributed by atoms with Gasteiger partial charge in [-0.15, -0.1) is 11.3 Å². The SMILES string of the molecule is CC(C)(C)OC(=O)NN(C(=O)OC(C)(C)C)c1cc(C(F)F)cs1. The van der Waals surface area contributed by atoms with Crippen molar-refractivity contribution in [2.75, 3.05) is 5.01 Å². The number of nitrogens with zero attached hydrogens (tertiary/aromatic N) is 1. The van der Waals surface area contributed by atoms with Crippen LogP contribution in [0.25, 0.3) is 0 Å². The first-order valence-electron chi connectivity index (χ1n) is 7.18. The molecule has 6 nitrogen and oxygen atoms in total. The van der Waals surface area contributed by atoms with Gasteiger partial charge in [0.05, 0.1) is 0 Å². The van der Waals surface area contributed by atoms with Crippen molar-refractivity contribution in [3.8, 4) is 0 Å². The Labute approximate surface area is 143 Å². The molecule has 136 valence electrons. The summed E-state index contributed by atoms with van der Waals surface area (Å²) in [5.74, 6) is 0. The van der Waals surface area contributed by atoms with E-state index in [0.29, 0.717) is 0 Å². The van der Waals surface area contributed by atoms with Crippen LogP contribution in [0.5, 0.6) is 0 Å². The lowest BCUT2D eigenvalue weighted by atomic mass is 10.2. The molecule has 0 unspecified atom stereocenters. The lowest BCUT2D eigenvalue weighted by Crippen LogP contribution is -2.49. The second-order valence-electron chi connectivity index (χ2n) is 6.95. The summed E-state index contributed by atoms with van der Waals surface area (Å²) >= 11 is 0.875. The van der Waals surface area contributed by atoms with Gasteiger partial charge in [0.15, 0.2) is 0 Å². The number of carbonyl (C=O) groups is 2. The van der Waals surface area contributed by atoms with E-state index in [2.05, 4.69) is 5.43 Å². The van der Waals surface area contributed by atoms with E-state index >= 15 is 0 Å². The van der Waals surface area contributed by atoms with Crippen molar-refractivity contribution in [3.05, 3.63) is 17.0 Å². The van der Waals surface area contributed by atoms with Gasteiger partial charge in [-0.3, -0.25) is 0 Å². The minimum atomic E-state index is -2.68. The second-order valence-corrected chi connectivity index (χ2v) is 7.84. The molecule has 1 N–H and O–H groups in total. The van der Waals surface area contributed by atoms with Gasteiger partial charge < -0.3 is 9.47 Å². The third-order valence-corrected chi connectivity index (χ3v) is 3.19. The Kier molecular flexibility index (Phi) is 6.15. The number of rotatable bonds is 2. The maximum Gasteiger partial charge on any atom is 0.434 e. The van der Waals surface area contributed by atoms with Crippen molar-refractivity contribution in [3.63, 3.8) is 0 Å². The van der Waals surface area contributed by atoms with Crippen LogP contribution in [0.1, 0.15) is 53.5 Å². The maximum atomic E-state index is 12.8. The molecule has 0 saturated heterocycles. The number of thiophene rings is 1. The minimum absolute atomic E-state index is 0.0883. The summed E-state index contributed by atoms with van der Waals surface area (Å²) < 4.78 is 35.8. The largest absolute Gasteiger partial charge is 0.443 e. The molecule has 0 bridgehead atoms. The van der Waals surface area contributed by atoms with Crippen molar-refractivity contribution in [1.82, 2.24) is 5.43 Å². The lowest BCUT2D eigenvalue weighted by Gasteiger charge is -2.27. The maximum absolute atomic E-state index is 12.8. The zero-order valence-corrected chi connectivity index (χ0v) is 15.3. The zero-order valence-electron chi connectivity index (χ0n) is 14.5. The predicted octanol–water partition coefficient (Wildman–Crippen LogP) is 4.87. The molecule has 0 aliphatic heterocycles. The van der Waals surface area contributed by atoms with E-state index in [1.165, 1.54) is 5.38 Å². The fraction of sp³-hybridized carbons (Fsp3) is 0.600. The molecule has 0 fully saturated rings. The summed E-state index contributed by atoms with van der Waals surface area (Å²) in [5.41, 5.74) is 0.362. The van der Waals surface area contributed by atoms with E-state index in [9.17, 15) is 18.4 Å². The van der Waals surface area contributed by atoms with Crippen LogP contribution in [0.4, 0.5) is 23.4 Å². The number of hydrazine groups is 1. The van der Waals surface area contributed by atoms with Gasteiger partial charge in [0, 0.05) is 10.9 Å².